The van der Waals surface area contributed by atoms with E-state index in [-0.39, 0.29) is 5.91 Å². The van der Waals surface area contributed by atoms with Gasteiger partial charge in [0.1, 0.15) is 17.2 Å². The summed E-state index contributed by atoms with van der Waals surface area (Å²) in [6.07, 6.45) is -0.524. The van der Waals surface area contributed by atoms with E-state index in [4.69, 9.17) is 14.5 Å². The van der Waals surface area contributed by atoms with Crippen LogP contribution in [0, 0.1) is 0 Å². The number of carbonyl (C=O) groups excluding carboxylic acids is 1. The molecule has 0 saturated carbocycles. The lowest BCUT2D eigenvalue weighted by atomic mass is 10.1. The zero-order chi connectivity index (χ0) is 19.7. The van der Waals surface area contributed by atoms with Crippen molar-refractivity contribution < 1.29 is 14.3 Å². The molecule has 1 N–H and O–H groups in total. The number of methoxy groups -OCH3 is 2. The zero-order valence-electron chi connectivity index (χ0n) is 15.8. The molecule has 0 saturated heterocycles. The summed E-state index contributed by atoms with van der Waals surface area (Å²) >= 11 is 1.48. The number of hydrazone groups is 1. The molecule has 4 rings (SSSR count). The van der Waals surface area contributed by atoms with Gasteiger partial charge in [0, 0.05) is 16.8 Å². The third kappa shape index (κ3) is 3.09. The highest BCUT2D eigenvalue weighted by Crippen LogP contribution is 2.37. The summed E-state index contributed by atoms with van der Waals surface area (Å²) in [5.74, 6) is 1.92. The Balaban J connectivity index is 1.95. The predicted molar refractivity (Wildman–Crippen MR) is 108 cm³/mol. The van der Waals surface area contributed by atoms with E-state index >= 15 is 0 Å². The fraction of sp³-hybridized carbons (Fsp3) is 0.250. The third-order valence-electron chi connectivity index (χ3n) is 4.52. The minimum absolute atomic E-state index is 0.189. The second kappa shape index (κ2) is 7.55. The molecule has 0 unspecified atom stereocenters. The Labute approximate surface area is 166 Å². The van der Waals surface area contributed by atoms with Crippen molar-refractivity contribution in [3.63, 3.8) is 0 Å². The molecular weight excluding hydrogens is 376 g/mol. The van der Waals surface area contributed by atoms with Crippen molar-refractivity contribution in [3.8, 4) is 11.5 Å². The average Bonchev–Trinajstić information content (AvgIpc) is 2.72. The van der Waals surface area contributed by atoms with Gasteiger partial charge in [-0.05, 0) is 24.0 Å². The van der Waals surface area contributed by atoms with Gasteiger partial charge in [-0.2, -0.15) is 0 Å². The van der Waals surface area contributed by atoms with Crippen LogP contribution in [0.5, 0.6) is 11.5 Å². The lowest BCUT2D eigenvalue weighted by Crippen LogP contribution is -2.50. The Morgan fingerprint density at radius 3 is 2.75 bits per heavy atom. The van der Waals surface area contributed by atoms with E-state index < -0.39 is 6.17 Å². The molecule has 7 nitrogen and oxygen atoms in total. The second-order valence-corrected chi connectivity index (χ2v) is 7.37. The van der Waals surface area contributed by atoms with Crippen LogP contribution in [0.4, 0.5) is 0 Å². The van der Waals surface area contributed by atoms with Gasteiger partial charge in [-0.25, -0.2) is 5.01 Å². The summed E-state index contributed by atoms with van der Waals surface area (Å²) in [5.41, 5.74) is 1.28. The van der Waals surface area contributed by atoms with Gasteiger partial charge in [-0.15, -0.1) is 5.10 Å². The molecule has 0 aromatic heterocycles. The molecule has 2 aromatic rings. The predicted octanol–water partition coefficient (Wildman–Crippen LogP) is 1.60. The van der Waals surface area contributed by atoms with Crippen molar-refractivity contribution in [1.29, 1.82) is 0 Å². The summed E-state index contributed by atoms with van der Waals surface area (Å²) in [7, 11) is 3.21. The lowest BCUT2D eigenvalue weighted by molar-refractivity contribution is -0.116. The van der Waals surface area contributed by atoms with Crippen LogP contribution in [0.2, 0.25) is 0 Å². The molecule has 1 amide bonds. The molecule has 0 spiro atoms. The Hall–Kier alpha value is -3.00. The maximum atomic E-state index is 12.9. The van der Waals surface area contributed by atoms with Gasteiger partial charge in [0.25, 0.3) is 5.91 Å². The van der Waals surface area contributed by atoms with Crippen molar-refractivity contribution in [3.05, 3.63) is 58.6 Å². The first-order valence-electron chi connectivity index (χ1n) is 8.87. The van der Waals surface area contributed by atoms with E-state index in [0.29, 0.717) is 22.4 Å². The molecule has 0 aliphatic carbocycles. The zero-order valence-corrected chi connectivity index (χ0v) is 16.6. The molecule has 144 valence electrons. The van der Waals surface area contributed by atoms with Crippen molar-refractivity contribution >= 4 is 28.5 Å². The molecular formula is C20H20N4O3S. The topological polar surface area (TPSA) is 75.5 Å². The monoisotopic (exact) mass is 396 g/mol. The minimum Gasteiger partial charge on any atom is -0.497 e. The number of thioether (sulfide) groups is 1. The first kappa shape index (κ1) is 18.4. The standard InChI is InChI=1S/C20H20N4O3S/c1-4-28-20-22-19(25)17-13-7-5-6-8-15(13)21-18(24(17)23-20)14-10-9-12(26-2)11-16(14)27-3/h5-11,18H,4H2,1-3H3,(H,22,23,25)/t18-/m1/s1. The number of rotatable bonds is 4. The van der Waals surface area contributed by atoms with E-state index in [2.05, 4.69) is 10.4 Å². The molecule has 8 heteroatoms. The molecule has 2 aliphatic heterocycles. The number of hydrogen-bond acceptors (Lipinski definition) is 7. The van der Waals surface area contributed by atoms with Crippen LogP contribution in [-0.4, -0.2) is 36.1 Å². The maximum Gasteiger partial charge on any atom is 0.276 e. The molecule has 1 atom stereocenters. The summed E-state index contributed by atoms with van der Waals surface area (Å²) in [6, 6.07) is 13.1. The quantitative estimate of drug-likeness (QED) is 0.850. The van der Waals surface area contributed by atoms with Crippen LogP contribution in [0.1, 0.15) is 18.7 Å². The third-order valence-corrected chi connectivity index (χ3v) is 5.26. The summed E-state index contributed by atoms with van der Waals surface area (Å²) in [6.45, 7) is 2.01. The van der Waals surface area contributed by atoms with Gasteiger partial charge in [-0.3, -0.25) is 15.1 Å². The fourth-order valence-electron chi connectivity index (χ4n) is 3.26. The van der Waals surface area contributed by atoms with E-state index in [1.165, 1.54) is 11.8 Å². The summed E-state index contributed by atoms with van der Waals surface area (Å²) in [5, 5.41) is 11.3. The number of amides is 1. The van der Waals surface area contributed by atoms with Crippen molar-refractivity contribution in [2.75, 3.05) is 20.0 Å². The Bertz CT molecular complexity index is 1080. The Morgan fingerprint density at radius 1 is 1.18 bits per heavy atom. The van der Waals surface area contributed by atoms with Gasteiger partial charge in [-0.1, -0.05) is 36.9 Å². The molecule has 0 radical (unpaired) electrons. The van der Waals surface area contributed by atoms with Crippen molar-refractivity contribution in [1.82, 2.24) is 10.3 Å². The van der Waals surface area contributed by atoms with E-state index in [1.54, 1.807) is 25.3 Å². The number of benzene rings is 2. The molecule has 2 heterocycles. The molecule has 0 bridgehead atoms. The van der Waals surface area contributed by atoms with Gasteiger partial charge in [0.2, 0.25) is 0 Å². The molecule has 2 aliphatic rings. The minimum atomic E-state index is -0.524. The number of hydrogen-bond donors (Lipinski definition) is 1. The van der Waals surface area contributed by atoms with Crippen LogP contribution < -0.4 is 25.4 Å². The normalized spacial score (nSPS) is 17.8. The smallest absolute Gasteiger partial charge is 0.276 e. The SMILES string of the molecule is CCSC1=NN2C(=c3ccccc3=N[C@H]2c2ccc(OC)cc2OC)C(=O)N1. The van der Waals surface area contributed by atoms with Gasteiger partial charge in [0.05, 0.1) is 19.6 Å². The number of nitrogens with zero attached hydrogens (tertiary/aromatic N) is 3. The number of amidine groups is 1. The molecule has 2 aromatic carbocycles. The number of carbonyl (C=O) groups is 1. The van der Waals surface area contributed by atoms with Crippen LogP contribution in [0.3, 0.4) is 0 Å². The van der Waals surface area contributed by atoms with Crippen LogP contribution in [-0.2, 0) is 4.79 Å². The first-order chi connectivity index (χ1) is 13.7. The number of nitrogens with one attached hydrogen (secondary N) is 1. The van der Waals surface area contributed by atoms with Crippen LogP contribution in [0.15, 0.2) is 52.6 Å². The second-order valence-electron chi connectivity index (χ2n) is 6.11. The largest absolute Gasteiger partial charge is 0.497 e. The number of ether oxygens (including phenoxy) is 2. The van der Waals surface area contributed by atoms with E-state index in [0.717, 1.165) is 21.9 Å². The Kier molecular flexibility index (Phi) is 4.95. The van der Waals surface area contributed by atoms with Gasteiger partial charge >= 0.3 is 0 Å². The van der Waals surface area contributed by atoms with Crippen LogP contribution in [0.25, 0.3) is 5.70 Å². The van der Waals surface area contributed by atoms with Gasteiger partial charge < -0.3 is 9.47 Å². The average molecular weight is 396 g/mol. The first-order valence-corrected chi connectivity index (χ1v) is 9.86. The highest BCUT2D eigenvalue weighted by molar-refractivity contribution is 8.13. The number of para-hydroxylation sites is 1. The fourth-order valence-corrected chi connectivity index (χ4v) is 3.85. The summed E-state index contributed by atoms with van der Waals surface area (Å²) in [4.78, 5) is 17.8. The Morgan fingerprint density at radius 2 is 2.00 bits per heavy atom. The highest BCUT2D eigenvalue weighted by atomic mass is 32.2. The lowest BCUT2D eigenvalue weighted by Gasteiger charge is -2.34. The van der Waals surface area contributed by atoms with E-state index in [9.17, 15) is 4.79 Å². The maximum absolute atomic E-state index is 12.9. The van der Waals surface area contributed by atoms with E-state index in [1.807, 2.05) is 43.3 Å². The van der Waals surface area contributed by atoms with Crippen molar-refractivity contribution in [2.24, 2.45) is 10.1 Å². The van der Waals surface area contributed by atoms with Crippen molar-refractivity contribution in [2.45, 2.75) is 13.1 Å². The van der Waals surface area contributed by atoms with Crippen LogP contribution >= 0.6 is 11.8 Å². The summed E-state index contributed by atoms with van der Waals surface area (Å²) < 4.78 is 10.9. The molecule has 28 heavy (non-hydrogen) atoms. The highest BCUT2D eigenvalue weighted by Gasteiger charge is 2.35. The number of fused-ring (bicyclic) bond motifs is 2. The molecule has 0 fully saturated rings. The van der Waals surface area contributed by atoms with Gasteiger partial charge in [0.15, 0.2) is 11.3 Å².